The zero-order valence-electron chi connectivity index (χ0n) is 12.4. The molecule has 0 radical (unpaired) electrons. The van der Waals surface area contributed by atoms with Gasteiger partial charge in [0.25, 0.3) is 0 Å². The van der Waals surface area contributed by atoms with Gasteiger partial charge >= 0.3 is 0 Å². The van der Waals surface area contributed by atoms with E-state index in [-0.39, 0.29) is 5.54 Å². The highest BCUT2D eigenvalue weighted by Gasteiger charge is 2.41. The topological polar surface area (TPSA) is 41.3 Å². The Morgan fingerprint density at radius 3 is 2.17 bits per heavy atom. The smallest absolute Gasteiger partial charge is 0.0417 e. The molecule has 18 heavy (non-hydrogen) atoms. The average molecular weight is 253 g/mol. The van der Waals surface area contributed by atoms with Crippen molar-refractivity contribution in [3.05, 3.63) is 0 Å². The molecule has 3 N–H and O–H groups in total. The average Bonchev–Trinajstić information content (AvgIpc) is 2.86. The predicted molar refractivity (Wildman–Crippen MR) is 77.1 cm³/mol. The Morgan fingerprint density at radius 1 is 1.11 bits per heavy atom. The number of nitrogens with zero attached hydrogens (tertiary/aromatic N) is 1. The lowest BCUT2D eigenvalue weighted by atomic mass is 9.73. The van der Waals surface area contributed by atoms with Crippen LogP contribution in [0.25, 0.3) is 0 Å². The Hall–Kier alpha value is -0.120. The van der Waals surface area contributed by atoms with Gasteiger partial charge in [0.1, 0.15) is 0 Å². The zero-order valence-corrected chi connectivity index (χ0v) is 12.4. The van der Waals surface area contributed by atoms with Gasteiger partial charge in [-0.1, -0.05) is 19.8 Å². The lowest BCUT2D eigenvalue weighted by molar-refractivity contribution is 0.0607. The van der Waals surface area contributed by atoms with Crippen molar-refractivity contribution in [3.63, 3.8) is 0 Å². The van der Waals surface area contributed by atoms with Gasteiger partial charge < -0.3 is 0 Å². The largest absolute Gasteiger partial charge is 0.297 e. The van der Waals surface area contributed by atoms with E-state index in [1.165, 1.54) is 51.6 Å². The molecular weight excluding hydrogens is 222 g/mol. The number of rotatable bonds is 4. The van der Waals surface area contributed by atoms with Crippen LogP contribution in [0.3, 0.4) is 0 Å². The van der Waals surface area contributed by atoms with Crippen LogP contribution in [-0.4, -0.2) is 29.6 Å². The highest BCUT2D eigenvalue weighted by atomic mass is 15.3. The fourth-order valence-electron chi connectivity index (χ4n) is 4.03. The van der Waals surface area contributed by atoms with Crippen LogP contribution in [0, 0.1) is 11.8 Å². The molecule has 1 aliphatic heterocycles. The van der Waals surface area contributed by atoms with Crippen LogP contribution < -0.4 is 11.3 Å². The maximum absolute atomic E-state index is 5.92. The van der Waals surface area contributed by atoms with Gasteiger partial charge in [-0.25, -0.2) is 0 Å². The number of nitrogens with one attached hydrogen (secondary N) is 1. The molecular formula is C15H31N3. The summed E-state index contributed by atoms with van der Waals surface area (Å²) in [5, 5.41) is 0. The Balaban J connectivity index is 2.02. The first kappa shape index (κ1) is 14.3. The highest BCUT2D eigenvalue weighted by molar-refractivity contribution is 4.98. The molecule has 1 saturated carbocycles. The second kappa shape index (κ2) is 5.89. The number of hydrogen-bond donors (Lipinski definition) is 2. The van der Waals surface area contributed by atoms with Crippen LogP contribution in [0.5, 0.6) is 0 Å². The molecule has 1 heterocycles. The monoisotopic (exact) mass is 253 g/mol. The molecule has 2 rings (SSSR count). The summed E-state index contributed by atoms with van der Waals surface area (Å²) >= 11 is 0. The maximum atomic E-state index is 5.92. The van der Waals surface area contributed by atoms with E-state index in [0.717, 1.165) is 11.8 Å². The molecule has 3 nitrogen and oxygen atoms in total. The predicted octanol–water partition coefficient (Wildman–Crippen LogP) is 2.52. The molecule has 1 atom stereocenters. The molecule has 0 spiro atoms. The van der Waals surface area contributed by atoms with Crippen molar-refractivity contribution in [2.75, 3.05) is 13.1 Å². The maximum Gasteiger partial charge on any atom is 0.0417 e. The van der Waals surface area contributed by atoms with Crippen LogP contribution >= 0.6 is 0 Å². The van der Waals surface area contributed by atoms with E-state index in [0.29, 0.717) is 6.04 Å². The first-order valence-corrected chi connectivity index (χ1v) is 7.77. The Kier molecular flexibility index (Phi) is 4.68. The molecule has 0 amide bonds. The van der Waals surface area contributed by atoms with Gasteiger partial charge in [0.15, 0.2) is 0 Å². The molecule has 3 heteroatoms. The third kappa shape index (κ3) is 2.89. The molecule has 2 fully saturated rings. The van der Waals surface area contributed by atoms with Crippen molar-refractivity contribution in [1.29, 1.82) is 0 Å². The van der Waals surface area contributed by atoms with E-state index >= 15 is 0 Å². The first-order chi connectivity index (χ1) is 8.55. The molecule has 106 valence electrons. The fourth-order valence-corrected chi connectivity index (χ4v) is 4.03. The number of hydrogen-bond acceptors (Lipinski definition) is 3. The quantitative estimate of drug-likeness (QED) is 0.597. The van der Waals surface area contributed by atoms with Crippen LogP contribution in [0.2, 0.25) is 0 Å². The summed E-state index contributed by atoms with van der Waals surface area (Å²) in [4.78, 5) is 2.63. The van der Waals surface area contributed by atoms with Crippen molar-refractivity contribution >= 4 is 0 Å². The van der Waals surface area contributed by atoms with Crippen molar-refractivity contribution in [3.8, 4) is 0 Å². The summed E-state index contributed by atoms with van der Waals surface area (Å²) in [6.07, 6.45) is 8.13. The fraction of sp³-hybridized carbons (Fsp3) is 1.00. The molecule has 1 aliphatic carbocycles. The normalized spacial score (nSPS) is 32.7. The Labute approximate surface area is 112 Å². The Morgan fingerprint density at radius 2 is 1.67 bits per heavy atom. The summed E-state index contributed by atoms with van der Waals surface area (Å²) < 4.78 is 0. The van der Waals surface area contributed by atoms with E-state index in [1.807, 2.05) is 0 Å². The second-order valence-electron chi connectivity index (χ2n) is 7.01. The van der Waals surface area contributed by atoms with Crippen LogP contribution in [0.1, 0.15) is 59.3 Å². The molecule has 0 aromatic heterocycles. The minimum atomic E-state index is 0.191. The zero-order chi connectivity index (χ0) is 13.2. The molecule has 0 bridgehead atoms. The van der Waals surface area contributed by atoms with E-state index in [2.05, 4.69) is 31.1 Å². The SMILES string of the molecule is CC1CCC(C(NN)C(C)(C)N2CCCC2)CC1. The van der Waals surface area contributed by atoms with Gasteiger partial charge in [0.2, 0.25) is 0 Å². The lowest BCUT2D eigenvalue weighted by Gasteiger charge is -2.46. The van der Waals surface area contributed by atoms with Gasteiger partial charge in [0, 0.05) is 11.6 Å². The van der Waals surface area contributed by atoms with Crippen molar-refractivity contribution in [2.45, 2.75) is 70.9 Å². The first-order valence-electron chi connectivity index (χ1n) is 7.77. The van der Waals surface area contributed by atoms with Crippen LogP contribution in [-0.2, 0) is 0 Å². The molecule has 1 saturated heterocycles. The minimum Gasteiger partial charge on any atom is -0.297 e. The van der Waals surface area contributed by atoms with E-state index in [4.69, 9.17) is 5.84 Å². The van der Waals surface area contributed by atoms with Gasteiger partial charge in [-0.05, 0) is 64.5 Å². The van der Waals surface area contributed by atoms with Crippen molar-refractivity contribution < 1.29 is 0 Å². The highest BCUT2D eigenvalue weighted by Crippen LogP contribution is 2.36. The standard InChI is InChI=1S/C15H31N3/c1-12-6-8-13(9-7-12)14(17-16)15(2,3)18-10-4-5-11-18/h12-14,17H,4-11,16H2,1-3H3. The molecule has 1 unspecified atom stereocenters. The van der Waals surface area contributed by atoms with Crippen molar-refractivity contribution in [1.82, 2.24) is 10.3 Å². The minimum absolute atomic E-state index is 0.191. The number of nitrogens with two attached hydrogens (primary N) is 1. The van der Waals surface area contributed by atoms with E-state index in [9.17, 15) is 0 Å². The third-order valence-corrected chi connectivity index (χ3v) is 5.39. The third-order valence-electron chi connectivity index (χ3n) is 5.39. The summed E-state index contributed by atoms with van der Waals surface area (Å²) in [5.74, 6) is 7.58. The van der Waals surface area contributed by atoms with Crippen LogP contribution in [0.15, 0.2) is 0 Å². The number of likely N-dealkylation sites (tertiary alicyclic amines) is 1. The summed E-state index contributed by atoms with van der Waals surface area (Å²) in [7, 11) is 0. The summed E-state index contributed by atoms with van der Waals surface area (Å²) in [5.41, 5.74) is 3.35. The van der Waals surface area contributed by atoms with E-state index in [1.54, 1.807) is 0 Å². The molecule has 0 aromatic rings. The number of hydrazine groups is 1. The van der Waals surface area contributed by atoms with Crippen LogP contribution in [0.4, 0.5) is 0 Å². The van der Waals surface area contributed by atoms with Gasteiger partial charge in [0.05, 0.1) is 0 Å². The lowest BCUT2D eigenvalue weighted by Crippen LogP contribution is -2.61. The van der Waals surface area contributed by atoms with Gasteiger partial charge in [-0.3, -0.25) is 16.2 Å². The summed E-state index contributed by atoms with van der Waals surface area (Å²) in [6.45, 7) is 9.62. The van der Waals surface area contributed by atoms with E-state index < -0.39 is 0 Å². The molecule has 2 aliphatic rings. The summed E-state index contributed by atoms with van der Waals surface area (Å²) in [6, 6.07) is 0.433. The Bertz CT molecular complexity index is 250. The van der Waals surface area contributed by atoms with Gasteiger partial charge in [-0.15, -0.1) is 0 Å². The van der Waals surface area contributed by atoms with Crippen molar-refractivity contribution in [2.24, 2.45) is 17.7 Å². The second-order valence-corrected chi connectivity index (χ2v) is 7.01. The van der Waals surface area contributed by atoms with Gasteiger partial charge in [-0.2, -0.15) is 0 Å². The molecule has 0 aromatic carbocycles.